The highest BCUT2D eigenvalue weighted by Crippen LogP contribution is 2.37. The van der Waals surface area contributed by atoms with Crippen molar-refractivity contribution in [3.8, 4) is 0 Å². The number of alkyl halides is 1. The Balaban J connectivity index is 0.00000147. The maximum Gasteiger partial charge on any atom is 0.0609 e. The first-order chi connectivity index (χ1) is 9.31. The summed E-state index contributed by atoms with van der Waals surface area (Å²) >= 11 is 11.3. The third-order valence-electron chi connectivity index (χ3n) is 3.45. The third-order valence-corrected chi connectivity index (χ3v) is 5.52. The monoisotopic (exact) mass is 394 g/mol. The molecule has 0 spiro atoms. The molecule has 1 aromatic carbocycles. The van der Waals surface area contributed by atoms with E-state index in [1.165, 1.54) is 31.5 Å². The van der Waals surface area contributed by atoms with Crippen LogP contribution in [0.1, 0.15) is 17.7 Å². The van der Waals surface area contributed by atoms with Crippen LogP contribution in [0.2, 0.25) is 0 Å². The molecule has 0 saturated carbocycles. The van der Waals surface area contributed by atoms with Gasteiger partial charge in [0.05, 0.1) is 5.52 Å². The third kappa shape index (κ3) is 3.14. The summed E-state index contributed by atoms with van der Waals surface area (Å²) in [6.45, 7) is 2.02. The number of H-pyrrole nitrogens is 1. The van der Waals surface area contributed by atoms with Gasteiger partial charge >= 0.3 is 0 Å². The smallest absolute Gasteiger partial charge is 0.0609 e. The lowest BCUT2D eigenvalue weighted by Crippen LogP contribution is -2.22. The Kier molecular flexibility index (Phi) is 6.11. The van der Waals surface area contributed by atoms with E-state index < -0.39 is 0 Å². The first kappa shape index (κ1) is 16.5. The van der Waals surface area contributed by atoms with Gasteiger partial charge in [-0.3, -0.25) is 0 Å². The van der Waals surface area contributed by atoms with E-state index >= 15 is 0 Å². The van der Waals surface area contributed by atoms with Gasteiger partial charge in [-0.15, -0.1) is 35.8 Å². The second-order valence-corrected chi connectivity index (χ2v) is 7.06. The SMILES string of the molecule is Cl.ClCCCSc1ccc(Br)c2c3c([nH]c12)CCNC3. The molecule has 110 valence electrons. The van der Waals surface area contributed by atoms with E-state index in [0.717, 1.165) is 37.6 Å². The Morgan fingerprint density at radius 2 is 2.20 bits per heavy atom. The average molecular weight is 396 g/mol. The molecule has 2 heterocycles. The molecule has 0 fully saturated rings. The van der Waals surface area contributed by atoms with E-state index in [9.17, 15) is 0 Å². The number of rotatable bonds is 4. The van der Waals surface area contributed by atoms with Crippen LogP contribution in [-0.2, 0) is 13.0 Å². The topological polar surface area (TPSA) is 27.8 Å². The number of thioether (sulfide) groups is 1. The lowest BCUT2D eigenvalue weighted by molar-refractivity contribution is 0.640. The Bertz CT molecular complexity index is 600. The van der Waals surface area contributed by atoms with Crippen molar-refractivity contribution >= 4 is 62.6 Å². The van der Waals surface area contributed by atoms with Crippen LogP contribution in [0.25, 0.3) is 10.9 Å². The fraction of sp³-hybridized carbons (Fsp3) is 0.429. The van der Waals surface area contributed by atoms with Gasteiger partial charge < -0.3 is 10.3 Å². The van der Waals surface area contributed by atoms with Crippen molar-refractivity contribution in [2.24, 2.45) is 0 Å². The summed E-state index contributed by atoms with van der Waals surface area (Å²) < 4.78 is 1.19. The molecule has 0 atom stereocenters. The summed E-state index contributed by atoms with van der Waals surface area (Å²) in [6, 6.07) is 4.36. The number of aromatic amines is 1. The summed E-state index contributed by atoms with van der Waals surface area (Å²) in [5.74, 6) is 1.81. The maximum absolute atomic E-state index is 5.76. The summed E-state index contributed by atoms with van der Waals surface area (Å²) in [4.78, 5) is 4.96. The molecule has 1 aliphatic heterocycles. The number of aromatic nitrogens is 1. The predicted octanol–water partition coefficient (Wildman–Crippen LogP) is 4.72. The molecule has 3 rings (SSSR count). The van der Waals surface area contributed by atoms with E-state index in [4.69, 9.17) is 11.6 Å². The Morgan fingerprint density at radius 3 is 3.00 bits per heavy atom. The van der Waals surface area contributed by atoms with Crippen molar-refractivity contribution in [2.45, 2.75) is 24.3 Å². The summed E-state index contributed by atoms with van der Waals surface area (Å²) in [5.41, 5.74) is 4.09. The predicted molar refractivity (Wildman–Crippen MR) is 94.7 cm³/mol. The van der Waals surface area contributed by atoms with Crippen molar-refractivity contribution in [3.05, 3.63) is 27.9 Å². The standard InChI is InChI=1S/C14H16BrClN2S.ClH/c15-10-2-3-12(19-7-1-5-16)14-13(10)9-8-17-6-4-11(9)18-14;/h2-3,17-18H,1,4-8H2;1H. The van der Waals surface area contributed by atoms with Gasteiger partial charge in [0.2, 0.25) is 0 Å². The van der Waals surface area contributed by atoms with Gasteiger partial charge in [-0.2, -0.15) is 0 Å². The summed E-state index contributed by atoms with van der Waals surface area (Å²) in [6.07, 6.45) is 2.13. The zero-order chi connectivity index (χ0) is 13.2. The number of benzene rings is 1. The minimum absolute atomic E-state index is 0. The number of nitrogens with one attached hydrogen (secondary N) is 2. The number of hydrogen-bond donors (Lipinski definition) is 2. The van der Waals surface area contributed by atoms with Gasteiger partial charge in [-0.25, -0.2) is 0 Å². The molecule has 0 saturated heterocycles. The Hall–Kier alpha value is 0.130. The number of hydrogen-bond acceptors (Lipinski definition) is 2. The molecule has 0 radical (unpaired) electrons. The molecule has 0 bridgehead atoms. The zero-order valence-electron chi connectivity index (χ0n) is 11.0. The fourth-order valence-corrected chi connectivity index (χ4v) is 4.38. The minimum atomic E-state index is 0. The van der Waals surface area contributed by atoms with Crippen LogP contribution < -0.4 is 5.32 Å². The largest absolute Gasteiger partial charge is 0.357 e. The van der Waals surface area contributed by atoms with E-state index in [1.54, 1.807) is 0 Å². The van der Waals surface area contributed by atoms with Crippen LogP contribution >= 0.6 is 51.7 Å². The van der Waals surface area contributed by atoms with Gasteiger partial charge in [-0.1, -0.05) is 15.9 Å². The Labute approximate surface area is 143 Å². The molecule has 2 N–H and O–H groups in total. The summed E-state index contributed by atoms with van der Waals surface area (Å²) in [7, 11) is 0. The lowest BCUT2D eigenvalue weighted by atomic mass is 10.1. The van der Waals surface area contributed by atoms with Crippen molar-refractivity contribution in [3.63, 3.8) is 0 Å². The van der Waals surface area contributed by atoms with Crippen LogP contribution in [0, 0.1) is 0 Å². The van der Waals surface area contributed by atoms with Gasteiger partial charge in [0.15, 0.2) is 0 Å². The van der Waals surface area contributed by atoms with E-state index in [0.29, 0.717) is 0 Å². The van der Waals surface area contributed by atoms with Gasteiger partial charge in [0.25, 0.3) is 0 Å². The molecule has 20 heavy (non-hydrogen) atoms. The minimum Gasteiger partial charge on any atom is -0.357 e. The molecule has 2 aromatic rings. The molecule has 6 heteroatoms. The first-order valence-corrected chi connectivity index (χ1v) is 8.84. The molecule has 1 aliphatic rings. The zero-order valence-corrected chi connectivity index (χ0v) is 14.9. The van der Waals surface area contributed by atoms with Crippen molar-refractivity contribution in [1.82, 2.24) is 10.3 Å². The van der Waals surface area contributed by atoms with Gasteiger partial charge in [-0.05, 0) is 29.9 Å². The van der Waals surface area contributed by atoms with Crippen LogP contribution in [-0.4, -0.2) is 23.2 Å². The Morgan fingerprint density at radius 1 is 1.35 bits per heavy atom. The van der Waals surface area contributed by atoms with E-state index in [-0.39, 0.29) is 12.4 Å². The average Bonchev–Trinajstić information content (AvgIpc) is 2.82. The molecular weight excluding hydrogens is 379 g/mol. The maximum atomic E-state index is 5.76. The van der Waals surface area contributed by atoms with E-state index in [2.05, 4.69) is 38.4 Å². The normalized spacial score (nSPS) is 14.1. The second-order valence-electron chi connectivity index (χ2n) is 4.70. The van der Waals surface area contributed by atoms with Crippen molar-refractivity contribution in [1.29, 1.82) is 0 Å². The molecule has 0 amide bonds. The lowest BCUT2D eigenvalue weighted by Gasteiger charge is -2.12. The van der Waals surface area contributed by atoms with Gasteiger partial charge in [0, 0.05) is 45.8 Å². The van der Waals surface area contributed by atoms with Crippen LogP contribution in [0.3, 0.4) is 0 Å². The highest BCUT2D eigenvalue weighted by atomic mass is 79.9. The van der Waals surface area contributed by atoms with Crippen LogP contribution in [0.15, 0.2) is 21.5 Å². The molecule has 0 unspecified atom stereocenters. The van der Waals surface area contributed by atoms with Crippen LogP contribution in [0.5, 0.6) is 0 Å². The molecule has 1 aromatic heterocycles. The van der Waals surface area contributed by atoms with Gasteiger partial charge in [0.1, 0.15) is 0 Å². The number of fused-ring (bicyclic) bond motifs is 3. The highest BCUT2D eigenvalue weighted by Gasteiger charge is 2.18. The second kappa shape index (κ2) is 7.41. The number of halogens is 3. The molecule has 2 nitrogen and oxygen atoms in total. The molecule has 0 aliphatic carbocycles. The fourth-order valence-electron chi connectivity index (χ4n) is 2.55. The highest BCUT2D eigenvalue weighted by molar-refractivity contribution is 9.10. The van der Waals surface area contributed by atoms with Crippen LogP contribution in [0.4, 0.5) is 0 Å². The summed E-state index contributed by atoms with van der Waals surface area (Å²) in [5, 5.41) is 4.80. The van der Waals surface area contributed by atoms with Crippen molar-refractivity contribution in [2.75, 3.05) is 18.2 Å². The van der Waals surface area contributed by atoms with Crippen molar-refractivity contribution < 1.29 is 0 Å². The van der Waals surface area contributed by atoms with E-state index in [1.807, 2.05) is 11.8 Å². The first-order valence-electron chi connectivity index (χ1n) is 6.52. The molecular formula is C14H17BrCl2N2S. The quantitative estimate of drug-likeness (QED) is 0.445.